The zero-order valence-corrected chi connectivity index (χ0v) is 17.7. The highest BCUT2D eigenvalue weighted by molar-refractivity contribution is 7.12. The number of anilines is 1. The molecule has 0 fully saturated rings. The van der Waals surface area contributed by atoms with Crippen molar-refractivity contribution < 1.29 is 4.79 Å². The van der Waals surface area contributed by atoms with Gasteiger partial charge in [0.05, 0.1) is 29.4 Å². The number of hydrogen-bond donors (Lipinski definition) is 1. The lowest BCUT2D eigenvalue weighted by atomic mass is 9.69. The third-order valence-electron chi connectivity index (χ3n) is 5.60. The van der Waals surface area contributed by atoms with Crippen LogP contribution in [0.2, 0.25) is 0 Å². The van der Waals surface area contributed by atoms with E-state index in [1.54, 1.807) is 23.7 Å². The van der Waals surface area contributed by atoms with Crippen LogP contribution in [-0.4, -0.2) is 10.8 Å². The molecule has 1 atom stereocenters. The zero-order valence-electron chi connectivity index (χ0n) is 16.9. The first-order valence-corrected chi connectivity index (χ1v) is 10.6. The number of rotatable bonds is 3. The topological polar surface area (TPSA) is 83.0 Å². The number of hydrogen-bond acceptors (Lipinski definition) is 6. The quantitative estimate of drug-likeness (QED) is 0.805. The van der Waals surface area contributed by atoms with Crippen LogP contribution in [0.4, 0.5) is 5.69 Å². The minimum Gasteiger partial charge on any atom is -0.384 e. The predicted molar refractivity (Wildman–Crippen MR) is 115 cm³/mol. The van der Waals surface area contributed by atoms with Gasteiger partial charge < -0.3 is 5.73 Å². The number of carbonyl (C=O) groups is 1. The first-order chi connectivity index (χ1) is 13.9. The van der Waals surface area contributed by atoms with Gasteiger partial charge in [-0.3, -0.25) is 14.7 Å². The smallest absolute Gasteiger partial charge is 0.162 e. The minimum atomic E-state index is -0.392. The number of thiophene rings is 1. The molecule has 0 amide bonds. The zero-order chi connectivity index (χ0) is 20.8. The van der Waals surface area contributed by atoms with Crippen molar-refractivity contribution in [3.05, 3.63) is 69.1 Å². The van der Waals surface area contributed by atoms with E-state index in [1.165, 1.54) is 4.88 Å². The van der Waals surface area contributed by atoms with Gasteiger partial charge in [-0.25, -0.2) is 0 Å². The fourth-order valence-electron chi connectivity index (χ4n) is 4.31. The Balaban J connectivity index is 1.98. The number of nitrogens with zero attached hydrogens (tertiary/aromatic N) is 3. The van der Waals surface area contributed by atoms with E-state index in [9.17, 15) is 10.1 Å². The molecule has 0 spiro atoms. The lowest BCUT2D eigenvalue weighted by Crippen LogP contribution is -2.42. The van der Waals surface area contributed by atoms with Gasteiger partial charge in [0.2, 0.25) is 0 Å². The first kappa shape index (κ1) is 19.4. The molecule has 1 aliphatic carbocycles. The number of aryl methyl sites for hydroxylation is 1. The van der Waals surface area contributed by atoms with Gasteiger partial charge in [-0.05, 0) is 42.5 Å². The Morgan fingerprint density at radius 2 is 2.14 bits per heavy atom. The summed E-state index contributed by atoms with van der Waals surface area (Å²) in [5, 5.41) is 10.0. The molecule has 3 heterocycles. The molecule has 0 saturated carbocycles. The van der Waals surface area contributed by atoms with E-state index in [2.05, 4.69) is 37.9 Å². The van der Waals surface area contributed by atoms with Crippen LogP contribution in [0.5, 0.6) is 0 Å². The van der Waals surface area contributed by atoms with E-state index in [0.717, 1.165) is 22.7 Å². The molecule has 4 rings (SSSR count). The van der Waals surface area contributed by atoms with Gasteiger partial charge in [-0.1, -0.05) is 20.8 Å². The molecule has 0 saturated heterocycles. The highest BCUT2D eigenvalue weighted by Gasteiger charge is 2.45. The Labute approximate surface area is 175 Å². The van der Waals surface area contributed by atoms with Crippen LogP contribution in [-0.2, 0) is 11.2 Å². The monoisotopic (exact) mass is 404 g/mol. The van der Waals surface area contributed by atoms with E-state index < -0.39 is 5.92 Å². The molecule has 0 aromatic carbocycles. The number of nitriles is 1. The summed E-state index contributed by atoms with van der Waals surface area (Å²) >= 11 is 1.66. The molecule has 2 aromatic heterocycles. The normalized spacial score (nSPS) is 21.2. The molecule has 0 radical (unpaired) electrons. The van der Waals surface area contributed by atoms with Gasteiger partial charge in [0.25, 0.3) is 0 Å². The lowest BCUT2D eigenvalue weighted by molar-refractivity contribution is -0.118. The van der Waals surface area contributed by atoms with Gasteiger partial charge in [-0.2, -0.15) is 5.26 Å². The van der Waals surface area contributed by atoms with Crippen molar-refractivity contribution in [2.75, 3.05) is 4.90 Å². The van der Waals surface area contributed by atoms with Gasteiger partial charge in [-0.15, -0.1) is 11.3 Å². The van der Waals surface area contributed by atoms with Crippen LogP contribution in [0, 0.1) is 16.7 Å². The molecular formula is C23H24N4OS. The molecule has 2 aliphatic rings. The fraction of sp³-hybridized carbons (Fsp3) is 0.348. The summed E-state index contributed by atoms with van der Waals surface area (Å²) in [6.07, 6.45) is 5.52. The van der Waals surface area contributed by atoms with Crippen molar-refractivity contribution in [3.63, 3.8) is 0 Å². The summed E-state index contributed by atoms with van der Waals surface area (Å²) in [4.78, 5) is 21.7. The first-order valence-electron chi connectivity index (χ1n) is 9.81. The van der Waals surface area contributed by atoms with Gasteiger partial charge >= 0.3 is 0 Å². The second-order valence-electron chi connectivity index (χ2n) is 8.35. The Kier molecular flexibility index (Phi) is 4.79. The van der Waals surface area contributed by atoms with E-state index in [-0.39, 0.29) is 11.2 Å². The summed E-state index contributed by atoms with van der Waals surface area (Å²) < 4.78 is 0. The maximum atomic E-state index is 13.4. The second kappa shape index (κ2) is 7.16. The van der Waals surface area contributed by atoms with Gasteiger partial charge in [0, 0.05) is 33.6 Å². The van der Waals surface area contributed by atoms with Crippen LogP contribution in [0.15, 0.2) is 59.3 Å². The number of allylic oxidation sites excluding steroid dienone is 3. The summed E-state index contributed by atoms with van der Waals surface area (Å²) in [6, 6.07) is 10.2. The Morgan fingerprint density at radius 3 is 2.76 bits per heavy atom. The van der Waals surface area contributed by atoms with Crippen LogP contribution < -0.4 is 10.6 Å². The molecule has 0 bridgehead atoms. The number of carbonyl (C=O) groups excluding carboxylic acids is 1. The van der Waals surface area contributed by atoms with Crippen molar-refractivity contribution in [1.29, 1.82) is 5.26 Å². The van der Waals surface area contributed by atoms with Crippen molar-refractivity contribution in [2.45, 2.75) is 46.0 Å². The number of ketones is 1. The molecular weight excluding hydrogens is 380 g/mol. The predicted octanol–water partition coefficient (Wildman–Crippen LogP) is 4.65. The van der Waals surface area contributed by atoms with Crippen molar-refractivity contribution in [1.82, 2.24) is 4.98 Å². The summed E-state index contributed by atoms with van der Waals surface area (Å²) in [5.74, 6) is 0.0971. The molecule has 1 aliphatic heterocycles. The average molecular weight is 405 g/mol. The largest absolute Gasteiger partial charge is 0.384 e. The molecule has 1 unspecified atom stereocenters. The van der Waals surface area contributed by atoms with E-state index in [1.807, 2.05) is 23.1 Å². The van der Waals surface area contributed by atoms with Crippen molar-refractivity contribution in [3.8, 4) is 6.07 Å². The van der Waals surface area contributed by atoms with Crippen LogP contribution >= 0.6 is 11.3 Å². The van der Waals surface area contributed by atoms with Crippen LogP contribution in [0.3, 0.4) is 0 Å². The van der Waals surface area contributed by atoms with Gasteiger partial charge in [0.1, 0.15) is 5.82 Å². The fourth-order valence-corrected chi connectivity index (χ4v) is 5.39. The standard InChI is InChI=1S/C23H24N4OS/c1-4-15-7-8-19(29-15)20-16(12-24)22(25)27(14-6-5-9-26-13-14)17-10-23(2,3)11-18(28)21(17)20/h5-9,13,20H,4,10-11,25H2,1-3H3. The Morgan fingerprint density at radius 1 is 1.34 bits per heavy atom. The molecule has 2 aromatic rings. The molecule has 2 N–H and O–H groups in total. The minimum absolute atomic E-state index is 0.0989. The van der Waals surface area contributed by atoms with E-state index >= 15 is 0 Å². The number of Topliss-reactive ketones (excluding diaryl/α,β-unsaturated/α-hetero) is 1. The highest BCUT2D eigenvalue weighted by Crippen LogP contribution is 2.51. The van der Waals surface area contributed by atoms with Crippen LogP contribution in [0.1, 0.15) is 49.3 Å². The molecule has 148 valence electrons. The van der Waals surface area contributed by atoms with Crippen LogP contribution in [0.25, 0.3) is 0 Å². The highest BCUT2D eigenvalue weighted by atomic mass is 32.1. The number of aromatic nitrogens is 1. The van der Waals surface area contributed by atoms with E-state index in [4.69, 9.17) is 5.73 Å². The second-order valence-corrected chi connectivity index (χ2v) is 9.55. The van der Waals surface area contributed by atoms with Crippen molar-refractivity contribution in [2.24, 2.45) is 11.1 Å². The molecule has 5 nitrogen and oxygen atoms in total. The maximum absolute atomic E-state index is 13.4. The van der Waals surface area contributed by atoms with Gasteiger partial charge in [0.15, 0.2) is 5.78 Å². The molecule has 29 heavy (non-hydrogen) atoms. The Bertz CT molecular complexity index is 1070. The Hall–Kier alpha value is -2.91. The SMILES string of the molecule is CCc1ccc(C2C(C#N)=C(N)N(c3cccnc3)C3=C2C(=O)CC(C)(C)C3)s1. The number of pyridine rings is 1. The van der Waals surface area contributed by atoms with Crippen molar-refractivity contribution >= 4 is 22.8 Å². The third kappa shape index (κ3) is 3.26. The average Bonchev–Trinajstić information content (AvgIpc) is 3.15. The lowest BCUT2D eigenvalue weighted by Gasteiger charge is -2.43. The summed E-state index contributed by atoms with van der Waals surface area (Å²) in [6.45, 7) is 6.31. The number of nitrogens with two attached hydrogens (primary N) is 1. The summed E-state index contributed by atoms with van der Waals surface area (Å²) in [5.41, 5.74) is 9.23. The summed E-state index contributed by atoms with van der Waals surface area (Å²) in [7, 11) is 0. The van der Waals surface area contributed by atoms with E-state index in [0.29, 0.717) is 29.8 Å². The maximum Gasteiger partial charge on any atom is 0.162 e. The molecule has 6 heteroatoms. The third-order valence-corrected chi connectivity index (χ3v) is 6.89.